The van der Waals surface area contributed by atoms with E-state index in [4.69, 9.17) is 0 Å². The first kappa shape index (κ1) is 14.8. The van der Waals surface area contributed by atoms with Crippen LogP contribution in [0.1, 0.15) is 58.8 Å². The second kappa shape index (κ2) is 6.23. The summed E-state index contributed by atoms with van der Waals surface area (Å²) in [5.74, 6) is -0.661. The van der Waals surface area contributed by atoms with Crippen LogP contribution in [0.3, 0.4) is 0 Å². The predicted molar refractivity (Wildman–Crippen MR) is 76.3 cm³/mol. The minimum Gasteiger partial charge on any atom is -0.480 e. The highest BCUT2D eigenvalue weighted by molar-refractivity contribution is 5.79. The first-order chi connectivity index (χ1) is 9.13. The molecule has 2 fully saturated rings. The van der Waals surface area contributed by atoms with Crippen molar-refractivity contribution < 1.29 is 9.90 Å². The standard InChI is InChI=1S/C15H28N2O2/c1-3-12-8-6-10-17(12)13-7-5-9-15(11-13,14(18)19)16-4-2/h12-13,16H,3-11H2,1-2H3,(H,18,19). The number of rotatable bonds is 5. The summed E-state index contributed by atoms with van der Waals surface area (Å²) in [4.78, 5) is 14.3. The van der Waals surface area contributed by atoms with Crippen LogP contribution in [0, 0.1) is 0 Å². The van der Waals surface area contributed by atoms with Gasteiger partial charge in [-0.1, -0.05) is 13.8 Å². The lowest BCUT2D eigenvalue weighted by molar-refractivity contribution is -0.147. The second-order valence-corrected chi connectivity index (χ2v) is 6.11. The van der Waals surface area contributed by atoms with Gasteiger partial charge in [-0.15, -0.1) is 0 Å². The van der Waals surface area contributed by atoms with E-state index in [9.17, 15) is 9.90 Å². The maximum atomic E-state index is 11.7. The summed E-state index contributed by atoms with van der Waals surface area (Å²) in [6.07, 6.45) is 7.49. The van der Waals surface area contributed by atoms with Gasteiger partial charge in [-0.05, 0) is 58.0 Å². The molecule has 4 heteroatoms. The molecule has 1 saturated carbocycles. The normalized spacial score (nSPS) is 36.5. The zero-order valence-corrected chi connectivity index (χ0v) is 12.3. The van der Waals surface area contributed by atoms with E-state index in [0.29, 0.717) is 12.1 Å². The second-order valence-electron chi connectivity index (χ2n) is 6.11. The van der Waals surface area contributed by atoms with Crippen LogP contribution in [0.2, 0.25) is 0 Å². The molecule has 0 spiro atoms. The molecular weight excluding hydrogens is 240 g/mol. The van der Waals surface area contributed by atoms with E-state index in [1.165, 1.54) is 19.3 Å². The summed E-state index contributed by atoms with van der Waals surface area (Å²) in [5, 5.41) is 12.9. The molecule has 0 aromatic carbocycles. The Morgan fingerprint density at radius 2 is 2.16 bits per heavy atom. The molecule has 0 aromatic rings. The fraction of sp³-hybridized carbons (Fsp3) is 0.933. The van der Waals surface area contributed by atoms with Crippen molar-refractivity contribution in [3.8, 4) is 0 Å². The van der Waals surface area contributed by atoms with Gasteiger partial charge in [0.2, 0.25) is 0 Å². The summed E-state index contributed by atoms with van der Waals surface area (Å²) in [6.45, 7) is 6.14. The van der Waals surface area contributed by atoms with Crippen LogP contribution in [0.25, 0.3) is 0 Å². The zero-order chi connectivity index (χ0) is 13.9. The number of hydrogen-bond acceptors (Lipinski definition) is 3. The lowest BCUT2D eigenvalue weighted by Gasteiger charge is -2.43. The van der Waals surface area contributed by atoms with Gasteiger partial charge in [0.05, 0.1) is 0 Å². The Hall–Kier alpha value is -0.610. The van der Waals surface area contributed by atoms with Gasteiger partial charge in [-0.3, -0.25) is 9.69 Å². The van der Waals surface area contributed by atoms with Crippen molar-refractivity contribution >= 4 is 5.97 Å². The molecule has 1 aliphatic heterocycles. The Kier molecular flexibility index (Phi) is 4.85. The predicted octanol–water partition coefficient (Wildman–Crippen LogP) is 2.24. The third kappa shape index (κ3) is 2.95. The fourth-order valence-corrected chi connectivity index (χ4v) is 4.07. The monoisotopic (exact) mass is 268 g/mol. The first-order valence-corrected chi connectivity index (χ1v) is 7.87. The van der Waals surface area contributed by atoms with Gasteiger partial charge in [0, 0.05) is 12.1 Å². The van der Waals surface area contributed by atoms with E-state index in [1.807, 2.05) is 6.92 Å². The molecule has 1 heterocycles. The number of hydrogen-bond donors (Lipinski definition) is 2. The maximum Gasteiger partial charge on any atom is 0.323 e. The number of carbonyl (C=O) groups is 1. The summed E-state index contributed by atoms with van der Waals surface area (Å²) >= 11 is 0. The van der Waals surface area contributed by atoms with Gasteiger partial charge in [0.1, 0.15) is 5.54 Å². The summed E-state index contributed by atoms with van der Waals surface area (Å²) in [6, 6.07) is 1.13. The Labute approximate surface area is 116 Å². The third-order valence-electron chi connectivity index (χ3n) is 5.01. The molecule has 2 aliphatic rings. The number of aliphatic carboxylic acids is 1. The van der Waals surface area contributed by atoms with E-state index in [0.717, 1.165) is 38.8 Å². The first-order valence-electron chi connectivity index (χ1n) is 7.87. The van der Waals surface area contributed by atoms with Gasteiger partial charge in [0.15, 0.2) is 0 Å². The van der Waals surface area contributed by atoms with Crippen LogP contribution >= 0.6 is 0 Å². The lowest BCUT2D eigenvalue weighted by atomic mass is 9.78. The zero-order valence-electron chi connectivity index (χ0n) is 12.3. The number of likely N-dealkylation sites (tertiary alicyclic amines) is 1. The fourth-order valence-electron chi connectivity index (χ4n) is 4.07. The largest absolute Gasteiger partial charge is 0.480 e. The van der Waals surface area contributed by atoms with Crippen LogP contribution in [0.15, 0.2) is 0 Å². The minimum atomic E-state index is -0.682. The third-order valence-corrected chi connectivity index (χ3v) is 5.01. The van der Waals surface area contributed by atoms with Crippen LogP contribution in [0.5, 0.6) is 0 Å². The quantitative estimate of drug-likeness (QED) is 0.803. The lowest BCUT2D eigenvalue weighted by Crippen LogP contribution is -2.58. The SMILES string of the molecule is CCNC1(C(=O)O)CCCC(N2CCCC2CC)C1. The maximum absolute atomic E-state index is 11.7. The van der Waals surface area contributed by atoms with Crippen molar-refractivity contribution in [2.45, 2.75) is 76.4 Å². The highest BCUT2D eigenvalue weighted by Gasteiger charge is 2.45. The van der Waals surface area contributed by atoms with E-state index < -0.39 is 11.5 Å². The molecular formula is C15H28N2O2. The van der Waals surface area contributed by atoms with E-state index in [1.54, 1.807) is 0 Å². The van der Waals surface area contributed by atoms with E-state index in [-0.39, 0.29) is 0 Å². The smallest absolute Gasteiger partial charge is 0.323 e. The number of likely N-dealkylation sites (N-methyl/N-ethyl adjacent to an activating group) is 1. The topological polar surface area (TPSA) is 52.6 Å². The summed E-state index contributed by atoms with van der Waals surface area (Å²) < 4.78 is 0. The molecule has 1 saturated heterocycles. The molecule has 0 amide bonds. The molecule has 4 nitrogen and oxygen atoms in total. The van der Waals surface area contributed by atoms with Gasteiger partial charge in [-0.2, -0.15) is 0 Å². The number of nitrogens with one attached hydrogen (secondary N) is 1. The van der Waals surface area contributed by atoms with Crippen molar-refractivity contribution in [3.05, 3.63) is 0 Å². The van der Waals surface area contributed by atoms with Gasteiger partial charge < -0.3 is 10.4 Å². The molecule has 0 bridgehead atoms. The summed E-state index contributed by atoms with van der Waals surface area (Å²) in [5.41, 5.74) is -0.682. The molecule has 0 aromatic heterocycles. The molecule has 3 atom stereocenters. The highest BCUT2D eigenvalue weighted by Crippen LogP contribution is 2.35. The van der Waals surface area contributed by atoms with Crippen LogP contribution in [0.4, 0.5) is 0 Å². The van der Waals surface area contributed by atoms with Crippen LogP contribution < -0.4 is 5.32 Å². The van der Waals surface area contributed by atoms with Crippen molar-refractivity contribution in [1.29, 1.82) is 0 Å². The Bertz CT molecular complexity index is 317. The van der Waals surface area contributed by atoms with E-state index >= 15 is 0 Å². The van der Waals surface area contributed by atoms with Gasteiger partial charge in [-0.25, -0.2) is 0 Å². The van der Waals surface area contributed by atoms with Gasteiger partial charge >= 0.3 is 5.97 Å². The Morgan fingerprint density at radius 3 is 2.79 bits per heavy atom. The Balaban J connectivity index is 2.09. The average Bonchev–Trinajstić information content (AvgIpc) is 2.87. The molecule has 3 unspecified atom stereocenters. The minimum absolute atomic E-state index is 0.455. The van der Waals surface area contributed by atoms with Crippen molar-refractivity contribution in [2.75, 3.05) is 13.1 Å². The number of carboxylic acid groups (broad SMARTS) is 1. The highest BCUT2D eigenvalue weighted by atomic mass is 16.4. The van der Waals surface area contributed by atoms with Crippen molar-refractivity contribution in [3.63, 3.8) is 0 Å². The van der Waals surface area contributed by atoms with E-state index in [2.05, 4.69) is 17.1 Å². The Morgan fingerprint density at radius 1 is 1.37 bits per heavy atom. The number of nitrogens with zero attached hydrogens (tertiary/aromatic N) is 1. The molecule has 1 aliphatic carbocycles. The molecule has 2 rings (SSSR count). The van der Waals surface area contributed by atoms with Gasteiger partial charge in [0.25, 0.3) is 0 Å². The van der Waals surface area contributed by atoms with Crippen molar-refractivity contribution in [2.24, 2.45) is 0 Å². The van der Waals surface area contributed by atoms with Crippen LogP contribution in [-0.4, -0.2) is 46.7 Å². The summed E-state index contributed by atoms with van der Waals surface area (Å²) in [7, 11) is 0. The number of carboxylic acids is 1. The molecule has 110 valence electrons. The van der Waals surface area contributed by atoms with Crippen molar-refractivity contribution in [1.82, 2.24) is 10.2 Å². The average molecular weight is 268 g/mol. The molecule has 2 N–H and O–H groups in total. The molecule has 0 radical (unpaired) electrons. The molecule has 19 heavy (non-hydrogen) atoms. The van der Waals surface area contributed by atoms with Crippen LogP contribution in [-0.2, 0) is 4.79 Å².